The Morgan fingerprint density at radius 3 is 2.71 bits per heavy atom. The van der Waals surface area contributed by atoms with Crippen LogP contribution in [-0.2, 0) is 0 Å². The van der Waals surface area contributed by atoms with Gasteiger partial charge in [-0.25, -0.2) is 4.39 Å². The molecule has 1 rings (SSSR count). The van der Waals surface area contributed by atoms with E-state index in [9.17, 15) is 4.39 Å². The van der Waals surface area contributed by atoms with Crippen molar-refractivity contribution < 1.29 is 42.1 Å². The van der Waals surface area contributed by atoms with Gasteiger partial charge < -0.3 is 11.0 Å². The van der Waals surface area contributed by atoms with Crippen molar-refractivity contribution in [1.82, 2.24) is 0 Å². The molecule has 0 aliphatic carbocycles. The Balaban J connectivity index is 0. The Morgan fingerprint density at radius 1 is 1.57 bits per heavy atom. The Morgan fingerprint density at radius 2 is 2.21 bits per heavy atom. The molecule has 1 nitrogen and oxygen atoms in total. The van der Waals surface area contributed by atoms with Gasteiger partial charge in [-0.05, 0) is 12.7 Å². The van der Waals surface area contributed by atoms with Crippen LogP contribution in [0, 0.1) is 18.0 Å². The van der Waals surface area contributed by atoms with E-state index in [0.29, 0.717) is 12.2 Å². The van der Waals surface area contributed by atoms with Gasteiger partial charge >= 0.3 is 37.7 Å². The zero-order valence-electron chi connectivity index (χ0n) is 8.97. The summed E-state index contributed by atoms with van der Waals surface area (Å²) in [4.78, 5) is 1.72. The van der Waals surface area contributed by atoms with Crippen LogP contribution in [-0.4, -0.2) is 13.6 Å². The second-order valence-corrected chi connectivity index (χ2v) is 2.48. The summed E-state index contributed by atoms with van der Waals surface area (Å²) in [6.45, 7) is 3.97. The van der Waals surface area contributed by atoms with E-state index < -0.39 is 0 Å². The summed E-state index contributed by atoms with van der Waals surface area (Å²) in [7, 11) is 1.78. The molecule has 0 fully saturated rings. The molecule has 64 valence electrons. The van der Waals surface area contributed by atoms with E-state index in [-0.39, 0.29) is 43.5 Å². The van der Waals surface area contributed by atoms with Crippen LogP contribution in [0.25, 0.3) is 0 Å². The molecular weight excluding hydrogens is 167 g/mol. The molecular formula is C10H10FLi2N. The van der Waals surface area contributed by atoms with Crippen LogP contribution in [0.15, 0.2) is 24.8 Å². The fourth-order valence-corrected chi connectivity index (χ4v) is 0.955. The molecule has 0 saturated heterocycles. The number of likely N-dealkylation sites (N-methyl/N-ethyl adjacent to an activating group) is 1. The topological polar surface area (TPSA) is 3.24 Å². The Hall–Kier alpha value is -0.115. The van der Waals surface area contributed by atoms with Gasteiger partial charge in [0, 0.05) is 5.82 Å². The van der Waals surface area contributed by atoms with E-state index >= 15 is 0 Å². The van der Waals surface area contributed by atoms with Gasteiger partial charge in [-0.2, -0.15) is 12.1 Å². The van der Waals surface area contributed by atoms with Crippen molar-refractivity contribution in [3.05, 3.63) is 42.7 Å². The molecule has 0 heterocycles. The van der Waals surface area contributed by atoms with Crippen molar-refractivity contribution in [1.29, 1.82) is 0 Å². The summed E-state index contributed by atoms with van der Waals surface area (Å²) in [5.74, 6) is -0.338. The fraction of sp³-hybridized carbons (Fsp3) is 0.200. The van der Waals surface area contributed by atoms with Crippen molar-refractivity contribution in [2.45, 2.75) is 0 Å². The van der Waals surface area contributed by atoms with Crippen molar-refractivity contribution >= 4 is 5.69 Å². The molecule has 0 radical (unpaired) electrons. The van der Waals surface area contributed by atoms with Crippen molar-refractivity contribution in [2.24, 2.45) is 0 Å². The predicted molar refractivity (Wildman–Crippen MR) is 47.4 cm³/mol. The van der Waals surface area contributed by atoms with Gasteiger partial charge in [-0.1, -0.05) is 0 Å². The third kappa shape index (κ3) is 4.40. The maximum absolute atomic E-state index is 13.0. The summed E-state index contributed by atoms with van der Waals surface area (Å²) in [6, 6.07) is 7.47. The Bertz CT molecular complexity index is 279. The largest absolute Gasteiger partial charge is 1.00 e. The van der Waals surface area contributed by atoms with Gasteiger partial charge in [0.05, 0.1) is 0 Å². The van der Waals surface area contributed by atoms with Crippen LogP contribution < -0.4 is 42.6 Å². The third-order valence-electron chi connectivity index (χ3n) is 1.55. The van der Waals surface area contributed by atoms with E-state index in [1.165, 1.54) is 0 Å². The van der Waals surface area contributed by atoms with E-state index in [4.69, 9.17) is 0 Å². The maximum Gasteiger partial charge on any atom is 1.00 e. The van der Waals surface area contributed by atoms with Gasteiger partial charge in [0.15, 0.2) is 0 Å². The molecule has 4 heteroatoms. The van der Waals surface area contributed by atoms with Crippen molar-refractivity contribution in [2.75, 3.05) is 18.5 Å². The molecule has 0 atom stereocenters. The molecule has 0 saturated carbocycles. The van der Waals surface area contributed by atoms with Crippen LogP contribution in [0.3, 0.4) is 0 Å². The van der Waals surface area contributed by atoms with Crippen LogP contribution in [0.5, 0.6) is 0 Å². The molecule has 0 unspecified atom stereocenters. The predicted octanol–water partition coefficient (Wildman–Crippen LogP) is -3.94. The SMILES string of the molecule is C=[C-]CN(C)c1ccc[c-]c1F.[Li+].[Li+]. The summed E-state index contributed by atoms with van der Waals surface area (Å²) in [5.41, 5.74) is 0.522. The van der Waals surface area contributed by atoms with Crippen LogP contribution in [0.2, 0.25) is 0 Å². The minimum atomic E-state index is -0.338. The molecule has 14 heavy (non-hydrogen) atoms. The fourth-order valence-electron chi connectivity index (χ4n) is 0.955. The zero-order chi connectivity index (χ0) is 8.97. The number of rotatable bonds is 3. The van der Waals surface area contributed by atoms with E-state index in [0.717, 1.165) is 0 Å². The Kier molecular flexibility index (Phi) is 9.58. The summed E-state index contributed by atoms with van der Waals surface area (Å²) >= 11 is 0. The minimum Gasteiger partial charge on any atom is -0.485 e. The summed E-state index contributed by atoms with van der Waals surface area (Å²) in [5, 5.41) is 0. The first kappa shape index (κ1) is 16.3. The monoisotopic (exact) mass is 177 g/mol. The average molecular weight is 177 g/mol. The van der Waals surface area contributed by atoms with Gasteiger partial charge in [-0.3, -0.25) is 6.58 Å². The summed E-state index contributed by atoms with van der Waals surface area (Å²) < 4.78 is 13.0. The van der Waals surface area contributed by atoms with Gasteiger partial charge in [0.1, 0.15) is 0 Å². The standard InChI is InChI=1S/C10H10FN.2Li/c1-3-8-12(2)10-7-5-4-6-9(10)11;;/h4-5,7H,1,8H2,2H3;;/q-2;2*+1. The third-order valence-corrected chi connectivity index (χ3v) is 1.55. The maximum atomic E-state index is 13.0. The van der Waals surface area contributed by atoms with E-state index in [2.05, 4.69) is 18.7 Å². The average Bonchev–Trinajstić information content (AvgIpc) is 2.05. The number of hydrogen-bond donors (Lipinski definition) is 0. The first-order valence-corrected chi connectivity index (χ1v) is 3.63. The zero-order valence-corrected chi connectivity index (χ0v) is 8.97. The van der Waals surface area contributed by atoms with Crippen molar-refractivity contribution in [3.8, 4) is 0 Å². The second kappa shape index (κ2) is 8.21. The minimum absolute atomic E-state index is 0. The number of halogens is 1. The van der Waals surface area contributed by atoms with Gasteiger partial charge in [-0.15, -0.1) is 18.7 Å². The first-order chi connectivity index (χ1) is 5.75. The summed E-state index contributed by atoms with van der Waals surface area (Å²) in [6.07, 6.45) is 2.69. The molecule has 0 aliphatic rings. The quantitative estimate of drug-likeness (QED) is 0.336. The van der Waals surface area contributed by atoms with Crippen LogP contribution in [0.4, 0.5) is 10.1 Å². The van der Waals surface area contributed by atoms with Crippen LogP contribution >= 0.6 is 0 Å². The smallest absolute Gasteiger partial charge is 0.485 e. The van der Waals surface area contributed by atoms with Crippen LogP contribution in [0.1, 0.15) is 0 Å². The number of nitrogens with zero attached hydrogens (tertiary/aromatic N) is 1. The Labute approximate surface area is 109 Å². The first-order valence-electron chi connectivity index (χ1n) is 3.63. The number of benzene rings is 1. The van der Waals surface area contributed by atoms with E-state index in [1.807, 2.05) is 0 Å². The molecule has 1 aromatic carbocycles. The molecule has 0 spiro atoms. The van der Waals surface area contributed by atoms with Gasteiger partial charge in [0.2, 0.25) is 0 Å². The van der Waals surface area contributed by atoms with E-state index in [1.54, 1.807) is 30.1 Å². The molecule has 1 aromatic rings. The molecule has 0 N–H and O–H groups in total. The normalized spacial score (nSPS) is 8.14. The molecule has 0 bridgehead atoms. The number of hydrogen-bond acceptors (Lipinski definition) is 1. The molecule has 0 aliphatic heterocycles. The van der Waals surface area contributed by atoms with Crippen molar-refractivity contribution in [3.63, 3.8) is 0 Å². The second-order valence-electron chi connectivity index (χ2n) is 2.48. The van der Waals surface area contributed by atoms with Gasteiger partial charge in [0.25, 0.3) is 0 Å². The number of anilines is 1. The molecule has 0 aromatic heterocycles. The molecule has 0 amide bonds.